The Bertz CT molecular complexity index is 414. The van der Waals surface area contributed by atoms with Crippen molar-refractivity contribution in [2.24, 2.45) is 5.73 Å². The molecule has 1 fully saturated rings. The fourth-order valence-electron chi connectivity index (χ4n) is 2.15. The van der Waals surface area contributed by atoms with Gasteiger partial charge in [0, 0.05) is 16.6 Å². The number of hydrogen-bond acceptors (Lipinski definition) is 3. The molecule has 0 amide bonds. The topological polar surface area (TPSA) is 46.3 Å². The Balaban J connectivity index is 2.10. The minimum atomic E-state index is -0.0153. The van der Waals surface area contributed by atoms with Crippen molar-refractivity contribution in [3.05, 3.63) is 33.8 Å². The van der Waals surface area contributed by atoms with Crippen molar-refractivity contribution in [3.8, 4) is 0 Å². The van der Waals surface area contributed by atoms with Crippen LogP contribution in [0.4, 0.5) is 0 Å². The molecular formula is C13H17BrN2O. The molecule has 0 unspecified atom stereocenters. The molecule has 1 saturated heterocycles. The Morgan fingerprint density at radius 1 is 1.35 bits per heavy atom. The van der Waals surface area contributed by atoms with Crippen LogP contribution in [0.2, 0.25) is 0 Å². The summed E-state index contributed by atoms with van der Waals surface area (Å²) in [6, 6.07) is 5.76. The second-order valence-corrected chi connectivity index (χ2v) is 5.27. The molecule has 1 heterocycles. The summed E-state index contributed by atoms with van der Waals surface area (Å²) in [6.45, 7) is 3.38. The first-order chi connectivity index (χ1) is 8.20. The van der Waals surface area contributed by atoms with Gasteiger partial charge < -0.3 is 5.73 Å². The summed E-state index contributed by atoms with van der Waals surface area (Å²) in [5.74, 6) is -0.0153. The van der Waals surface area contributed by atoms with E-state index in [0.717, 1.165) is 11.0 Å². The van der Waals surface area contributed by atoms with Crippen LogP contribution in [-0.4, -0.2) is 30.3 Å². The van der Waals surface area contributed by atoms with Gasteiger partial charge in [-0.25, -0.2) is 0 Å². The monoisotopic (exact) mass is 296 g/mol. The standard InChI is InChI=1S/C13H17BrN2O/c14-12-7-10(13(17)8-15)3-4-11(12)9-16-5-1-2-6-16/h3-4,7H,1-2,5-6,8-9,15H2. The van der Waals surface area contributed by atoms with E-state index in [-0.39, 0.29) is 12.3 Å². The van der Waals surface area contributed by atoms with Gasteiger partial charge in [-0.1, -0.05) is 28.1 Å². The summed E-state index contributed by atoms with van der Waals surface area (Å²) in [5, 5.41) is 0. The average molecular weight is 297 g/mol. The number of hydrogen-bond donors (Lipinski definition) is 1. The molecule has 92 valence electrons. The first-order valence-corrected chi connectivity index (χ1v) is 6.74. The molecule has 0 saturated carbocycles. The first-order valence-electron chi connectivity index (χ1n) is 5.95. The Morgan fingerprint density at radius 3 is 2.65 bits per heavy atom. The van der Waals surface area contributed by atoms with Gasteiger partial charge >= 0.3 is 0 Å². The first kappa shape index (κ1) is 12.7. The van der Waals surface area contributed by atoms with Gasteiger partial charge in [-0.2, -0.15) is 0 Å². The van der Waals surface area contributed by atoms with Gasteiger partial charge in [0.15, 0.2) is 5.78 Å². The molecule has 0 atom stereocenters. The summed E-state index contributed by atoms with van der Waals surface area (Å²) < 4.78 is 1.00. The van der Waals surface area contributed by atoms with E-state index < -0.39 is 0 Å². The highest BCUT2D eigenvalue weighted by Crippen LogP contribution is 2.22. The van der Waals surface area contributed by atoms with Gasteiger partial charge in [-0.15, -0.1) is 0 Å². The third-order valence-electron chi connectivity index (χ3n) is 3.15. The maximum atomic E-state index is 11.5. The number of halogens is 1. The maximum absolute atomic E-state index is 11.5. The highest BCUT2D eigenvalue weighted by molar-refractivity contribution is 9.10. The maximum Gasteiger partial charge on any atom is 0.176 e. The van der Waals surface area contributed by atoms with E-state index in [2.05, 4.69) is 20.8 Å². The molecule has 0 spiro atoms. The Morgan fingerprint density at radius 2 is 2.06 bits per heavy atom. The predicted octanol–water partition coefficient (Wildman–Crippen LogP) is 2.19. The quantitative estimate of drug-likeness (QED) is 0.867. The smallest absolute Gasteiger partial charge is 0.176 e. The second kappa shape index (κ2) is 5.76. The zero-order chi connectivity index (χ0) is 12.3. The van der Waals surface area contributed by atoms with Gasteiger partial charge in [0.2, 0.25) is 0 Å². The van der Waals surface area contributed by atoms with Crippen molar-refractivity contribution in [2.45, 2.75) is 19.4 Å². The Hall–Kier alpha value is -0.710. The van der Waals surface area contributed by atoms with Crippen LogP contribution < -0.4 is 5.73 Å². The van der Waals surface area contributed by atoms with Crippen LogP contribution in [0.25, 0.3) is 0 Å². The molecule has 0 radical (unpaired) electrons. The van der Waals surface area contributed by atoms with Crippen LogP contribution in [0.5, 0.6) is 0 Å². The highest BCUT2D eigenvalue weighted by atomic mass is 79.9. The molecule has 2 rings (SSSR count). The van der Waals surface area contributed by atoms with Crippen molar-refractivity contribution in [3.63, 3.8) is 0 Å². The van der Waals surface area contributed by atoms with E-state index in [1.807, 2.05) is 18.2 Å². The molecule has 17 heavy (non-hydrogen) atoms. The molecule has 2 N–H and O–H groups in total. The third-order valence-corrected chi connectivity index (χ3v) is 3.89. The molecule has 3 nitrogen and oxygen atoms in total. The lowest BCUT2D eigenvalue weighted by Crippen LogP contribution is -2.19. The van der Waals surface area contributed by atoms with E-state index in [4.69, 9.17) is 5.73 Å². The number of nitrogens with zero attached hydrogens (tertiary/aromatic N) is 1. The third kappa shape index (κ3) is 3.15. The molecule has 1 aliphatic rings. The zero-order valence-electron chi connectivity index (χ0n) is 9.79. The Kier molecular flexibility index (Phi) is 4.31. The number of rotatable bonds is 4. The van der Waals surface area contributed by atoms with E-state index in [0.29, 0.717) is 5.56 Å². The summed E-state index contributed by atoms with van der Waals surface area (Å²) in [5.41, 5.74) is 7.27. The van der Waals surface area contributed by atoms with Crippen LogP contribution >= 0.6 is 15.9 Å². The minimum Gasteiger partial charge on any atom is -0.324 e. The number of ketones is 1. The number of nitrogens with two attached hydrogens (primary N) is 1. The SMILES string of the molecule is NCC(=O)c1ccc(CN2CCCC2)c(Br)c1. The van der Waals surface area contributed by atoms with Crippen molar-refractivity contribution in [1.82, 2.24) is 4.90 Å². The average Bonchev–Trinajstić information content (AvgIpc) is 2.83. The second-order valence-electron chi connectivity index (χ2n) is 4.42. The molecule has 0 aliphatic carbocycles. The van der Waals surface area contributed by atoms with Crippen molar-refractivity contribution >= 4 is 21.7 Å². The van der Waals surface area contributed by atoms with E-state index in [1.165, 1.54) is 31.5 Å². The minimum absolute atomic E-state index is 0.0153. The van der Waals surface area contributed by atoms with Crippen LogP contribution in [0.3, 0.4) is 0 Å². The lowest BCUT2D eigenvalue weighted by molar-refractivity contribution is 0.100. The summed E-state index contributed by atoms with van der Waals surface area (Å²) in [7, 11) is 0. The van der Waals surface area contributed by atoms with Gasteiger partial charge in [-0.3, -0.25) is 9.69 Å². The van der Waals surface area contributed by atoms with Crippen LogP contribution in [0, 0.1) is 0 Å². The molecule has 4 heteroatoms. The van der Waals surface area contributed by atoms with Crippen LogP contribution in [0.15, 0.2) is 22.7 Å². The lowest BCUT2D eigenvalue weighted by atomic mass is 10.1. The molecular weight excluding hydrogens is 280 g/mol. The fraction of sp³-hybridized carbons (Fsp3) is 0.462. The van der Waals surface area contributed by atoms with Crippen molar-refractivity contribution in [2.75, 3.05) is 19.6 Å². The van der Waals surface area contributed by atoms with Crippen LogP contribution in [-0.2, 0) is 6.54 Å². The van der Waals surface area contributed by atoms with Crippen molar-refractivity contribution < 1.29 is 4.79 Å². The van der Waals surface area contributed by atoms with Gasteiger partial charge in [-0.05, 0) is 37.6 Å². The normalized spacial score (nSPS) is 16.4. The van der Waals surface area contributed by atoms with Gasteiger partial charge in [0.25, 0.3) is 0 Å². The highest BCUT2D eigenvalue weighted by Gasteiger charge is 2.14. The lowest BCUT2D eigenvalue weighted by Gasteiger charge is -2.16. The number of carbonyl (C=O) groups excluding carboxylic acids is 1. The van der Waals surface area contributed by atoms with E-state index in [9.17, 15) is 4.79 Å². The summed E-state index contributed by atoms with van der Waals surface area (Å²) >= 11 is 3.53. The number of Topliss-reactive ketones (excluding diaryl/α,β-unsaturated/α-hetero) is 1. The van der Waals surface area contributed by atoms with Crippen LogP contribution in [0.1, 0.15) is 28.8 Å². The zero-order valence-corrected chi connectivity index (χ0v) is 11.4. The van der Waals surface area contributed by atoms with Crippen molar-refractivity contribution in [1.29, 1.82) is 0 Å². The molecule has 0 aromatic heterocycles. The number of likely N-dealkylation sites (tertiary alicyclic amines) is 1. The van der Waals surface area contributed by atoms with E-state index in [1.54, 1.807) is 0 Å². The van der Waals surface area contributed by atoms with E-state index >= 15 is 0 Å². The molecule has 1 aromatic carbocycles. The largest absolute Gasteiger partial charge is 0.324 e. The Labute approximate surface area is 110 Å². The number of carbonyl (C=O) groups is 1. The van der Waals surface area contributed by atoms with Gasteiger partial charge in [0.1, 0.15) is 0 Å². The number of benzene rings is 1. The summed E-state index contributed by atoms with van der Waals surface area (Å²) in [4.78, 5) is 13.9. The molecule has 1 aliphatic heterocycles. The van der Waals surface area contributed by atoms with Gasteiger partial charge in [0.05, 0.1) is 6.54 Å². The predicted molar refractivity (Wildman–Crippen MR) is 72.0 cm³/mol. The summed E-state index contributed by atoms with van der Waals surface area (Å²) in [6.07, 6.45) is 2.59. The molecule has 1 aromatic rings. The molecule has 0 bridgehead atoms. The fourth-order valence-corrected chi connectivity index (χ4v) is 2.65.